The van der Waals surface area contributed by atoms with Crippen molar-refractivity contribution in [2.75, 3.05) is 50.9 Å². The Bertz CT molecular complexity index is 1900. The van der Waals surface area contributed by atoms with Gasteiger partial charge in [0, 0.05) is 36.8 Å². The molecule has 0 saturated carbocycles. The van der Waals surface area contributed by atoms with Gasteiger partial charge in [-0.3, -0.25) is 19.2 Å². The lowest BCUT2D eigenvalue weighted by Gasteiger charge is -2.27. The number of sulfonamides is 1. The Kier molecular flexibility index (Phi) is 15.2. The van der Waals surface area contributed by atoms with Crippen LogP contribution in [0.15, 0.2) is 14.5 Å². The Morgan fingerprint density at radius 3 is 2.36 bits per heavy atom. The first-order valence-corrected chi connectivity index (χ1v) is 22.4. The predicted octanol–water partition coefficient (Wildman–Crippen LogP) is 1.75. The van der Waals surface area contributed by atoms with Crippen molar-refractivity contribution in [1.82, 2.24) is 24.1 Å². The Labute approximate surface area is 329 Å². The summed E-state index contributed by atoms with van der Waals surface area (Å²) < 4.78 is 84.3. The van der Waals surface area contributed by atoms with E-state index in [2.05, 4.69) is 19.4 Å². The molecule has 55 heavy (non-hydrogen) atoms. The molecule has 0 bridgehead atoms. The maximum absolute atomic E-state index is 13.2. The van der Waals surface area contributed by atoms with Crippen molar-refractivity contribution in [3.63, 3.8) is 0 Å². The van der Waals surface area contributed by atoms with Crippen LogP contribution in [0.2, 0.25) is 0 Å². The highest BCUT2D eigenvalue weighted by Crippen LogP contribution is 2.42. The number of sulfone groups is 1. The molecule has 1 amide bonds. The van der Waals surface area contributed by atoms with Crippen LogP contribution in [0.25, 0.3) is 0 Å². The van der Waals surface area contributed by atoms with Gasteiger partial charge in [0.05, 0.1) is 49.0 Å². The minimum Gasteiger partial charge on any atom is -0.470 e. The van der Waals surface area contributed by atoms with E-state index in [9.17, 15) is 36.0 Å². The predicted molar refractivity (Wildman–Crippen MR) is 202 cm³/mol. The van der Waals surface area contributed by atoms with E-state index in [0.29, 0.717) is 61.4 Å². The molecule has 0 aromatic carbocycles. The van der Waals surface area contributed by atoms with Gasteiger partial charge in [-0.05, 0) is 60.6 Å². The number of ketones is 1. The van der Waals surface area contributed by atoms with E-state index >= 15 is 0 Å². The van der Waals surface area contributed by atoms with Crippen LogP contribution in [0.3, 0.4) is 0 Å². The molecule has 308 valence electrons. The number of carbonyl (C=O) groups excluding carboxylic acids is 4. The quantitative estimate of drug-likeness (QED) is 0.143. The Morgan fingerprint density at radius 2 is 1.73 bits per heavy atom. The largest absolute Gasteiger partial charge is 0.470 e. The second-order valence-corrected chi connectivity index (χ2v) is 20.3. The fourth-order valence-electron chi connectivity index (χ4n) is 5.65. The summed E-state index contributed by atoms with van der Waals surface area (Å²) in [5.74, 6) is -4.41. The van der Waals surface area contributed by atoms with Crippen molar-refractivity contribution >= 4 is 72.4 Å². The van der Waals surface area contributed by atoms with Crippen LogP contribution in [0.5, 0.6) is 5.88 Å². The van der Waals surface area contributed by atoms with Crippen LogP contribution in [0.1, 0.15) is 79.3 Å². The average molecular weight is 851 g/mol. The zero-order valence-corrected chi connectivity index (χ0v) is 35.2. The second kappa shape index (κ2) is 18.8. The van der Waals surface area contributed by atoms with Crippen molar-refractivity contribution in [2.24, 2.45) is 5.92 Å². The van der Waals surface area contributed by atoms with E-state index in [1.807, 2.05) is 37.3 Å². The monoisotopic (exact) mass is 850 g/mol. The number of esters is 2. The highest BCUT2D eigenvalue weighted by Gasteiger charge is 2.40. The van der Waals surface area contributed by atoms with E-state index in [-0.39, 0.29) is 35.7 Å². The van der Waals surface area contributed by atoms with E-state index < -0.39 is 83.5 Å². The number of nitrogens with one attached hydrogen (secondary N) is 3. The number of hydrogen-bond donors (Lipinski definition) is 3. The molecule has 1 saturated heterocycles. The molecule has 18 nitrogen and oxygen atoms in total. The van der Waals surface area contributed by atoms with Crippen LogP contribution >= 0.6 is 23.1 Å². The lowest BCUT2D eigenvalue weighted by molar-refractivity contribution is -0.159. The number of amides is 1. The molecule has 2 aliphatic rings. The first kappa shape index (κ1) is 44.4. The van der Waals surface area contributed by atoms with Crippen LogP contribution in [-0.2, 0) is 53.2 Å². The zero-order chi connectivity index (χ0) is 40.7. The van der Waals surface area contributed by atoms with Crippen molar-refractivity contribution in [1.29, 1.82) is 0 Å². The van der Waals surface area contributed by atoms with Crippen molar-refractivity contribution in [3.8, 4) is 5.88 Å². The average Bonchev–Trinajstić information content (AvgIpc) is 3.80. The molecule has 0 unspecified atom stereocenters. The topological polar surface area (TPSA) is 239 Å². The minimum absolute atomic E-state index is 0.0487. The summed E-state index contributed by atoms with van der Waals surface area (Å²) >= 11 is 1.53. The molecular weight excluding hydrogens is 801 g/mol. The van der Waals surface area contributed by atoms with E-state index in [0.717, 1.165) is 18.7 Å². The summed E-state index contributed by atoms with van der Waals surface area (Å²) in [6, 6.07) is 0.833. The Hall–Kier alpha value is -3.28. The molecule has 3 N–H and O–H groups in total. The summed E-state index contributed by atoms with van der Waals surface area (Å²) in [5.41, 5.74) is 0.000341. The second-order valence-electron chi connectivity index (χ2n) is 14.3. The molecule has 22 heteroatoms. The number of Topliss-reactive ketones (excluding diaryl/α,β-unsaturated/α-hetero) is 1. The van der Waals surface area contributed by atoms with Gasteiger partial charge in [0.2, 0.25) is 11.7 Å². The highest BCUT2D eigenvalue weighted by molar-refractivity contribution is 7.95. The van der Waals surface area contributed by atoms with Gasteiger partial charge >= 0.3 is 11.9 Å². The summed E-state index contributed by atoms with van der Waals surface area (Å²) in [5, 5.41) is 5.68. The van der Waals surface area contributed by atoms with Crippen molar-refractivity contribution in [3.05, 3.63) is 11.6 Å². The first-order valence-electron chi connectivity index (χ1n) is 17.9. The van der Waals surface area contributed by atoms with Gasteiger partial charge in [-0.2, -0.15) is 4.37 Å². The van der Waals surface area contributed by atoms with Crippen LogP contribution in [0, 0.1) is 5.92 Å². The smallest absolute Gasteiger partial charge is 0.307 e. The standard InChI is InChI=1S/C33H50N6O12S4/c1-8-34-24-15-19(2)54(44,45)32-23(24)16-27(52-32)55(46,47)38-30(43)20(3)28(42)21(4)50-25(40)9-10-26(41)51-22(17-35-33(5,6)7)18-49-31-29(36-53-37-31)39-11-13-48-14-12-39/h16,19-22,24,34-35H,8-15,17-18H2,1-7H3,(H,38,43)/t19-,20-,21-,22-,24-/m0/s1. The molecular formula is C33H50N6O12S4. The van der Waals surface area contributed by atoms with Gasteiger partial charge < -0.3 is 34.5 Å². The third-order valence-corrected chi connectivity index (χ3v) is 15.0. The molecule has 2 aliphatic heterocycles. The number of nitrogens with zero attached hydrogens (tertiary/aromatic N) is 3. The normalized spacial score (nSPS) is 20.1. The maximum Gasteiger partial charge on any atom is 0.307 e. The summed E-state index contributed by atoms with van der Waals surface area (Å²) in [7, 11) is -8.34. The van der Waals surface area contributed by atoms with Crippen molar-refractivity contribution in [2.45, 2.75) is 105 Å². The molecule has 4 heterocycles. The molecule has 2 aromatic heterocycles. The Balaban J connectivity index is 1.29. The number of hydrogen-bond acceptors (Lipinski definition) is 19. The fourth-order valence-corrected chi connectivity index (χ4v) is 11.2. The van der Waals surface area contributed by atoms with Gasteiger partial charge in [-0.25, -0.2) is 21.6 Å². The van der Waals surface area contributed by atoms with E-state index in [4.69, 9.17) is 18.9 Å². The SMILES string of the molecule is CCN[C@H]1C[C@H](C)S(=O)(=O)c2sc(S(=O)(=O)NC(=O)[C@@H](C)C(=O)[C@H](C)OC(=O)CCC(=O)O[C@@H](CNC(C)(C)C)COc3nsnc3N3CCOCC3)cc21. The maximum atomic E-state index is 13.2. The first-order chi connectivity index (χ1) is 25.7. The Morgan fingerprint density at radius 1 is 1.07 bits per heavy atom. The van der Waals surface area contributed by atoms with Gasteiger partial charge in [0.25, 0.3) is 15.9 Å². The highest BCUT2D eigenvalue weighted by atomic mass is 32.3. The molecule has 0 spiro atoms. The number of morpholine rings is 1. The van der Waals surface area contributed by atoms with Crippen LogP contribution in [-0.4, -0.2) is 118 Å². The lowest BCUT2D eigenvalue weighted by Crippen LogP contribution is -2.44. The number of ether oxygens (including phenoxy) is 4. The fraction of sp³-hybridized carbons (Fsp3) is 0.697. The lowest BCUT2D eigenvalue weighted by atomic mass is 10.0. The third kappa shape index (κ3) is 11.9. The van der Waals surface area contributed by atoms with Gasteiger partial charge in [0.15, 0.2) is 21.7 Å². The van der Waals surface area contributed by atoms with Gasteiger partial charge in [-0.1, -0.05) is 6.92 Å². The van der Waals surface area contributed by atoms with Crippen LogP contribution in [0.4, 0.5) is 5.82 Å². The number of thiophene rings is 1. The van der Waals surface area contributed by atoms with Gasteiger partial charge in [0.1, 0.15) is 21.1 Å². The van der Waals surface area contributed by atoms with Gasteiger partial charge in [-0.15, -0.1) is 15.7 Å². The molecule has 5 atom stereocenters. The number of anilines is 1. The number of aromatic nitrogens is 2. The van der Waals surface area contributed by atoms with E-state index in [1.54, 1.807) is 6.92 Å². The number of fused-ring (bicyclic) bond motifs is 1. The molecule has 0 radical (unpaired) electrons. The summed E-state index contributed by atoms with van der Waals surface area (Å²) in [6.07, 6.45) is -2.80. The van der Waals surface area contributed by atoms with Crippen LogP contribution < -0.4 is 25.0 Å². The molecule has 0 aliphatic carbocycles. The zero-order valence-electron chi connectivity index (χ0n) is 31.9. The molecule has 1 fully saturated rings. The molecule has 4 rings (SSSR count). The summed E-state index contributed by atoms with van der Waals surface area (Å²) in [4.78, 5) is 53.4. The third-order valence-electron chi connectivity index (χ3n) is 8.76. The summed E-state index contributed by atoms with van der Waals surface area (Å²) in [6.45, 7) is 14.7. The minimum atomic E-state index is -4.56. The van der Waals surface area contributed by atoms with Crippen molar-refractivity contribution < 1.29 is 55.0 Å². The molecule has 2 aromatic rings. The number of carbonyl (C=O) groups is 4. The van der Waals surface area contributed by atoms with E-state index in [1.165, 1.54) is 13.0 Å². The number of rotatable bonds is 18.